The summed E-state index contributed by atoms with van der Waals surface area (Å²) in [5.41, 5.74) is 2.97. The number of carbonyl (C=O) groups is 1. The summed E-state index contributed by atoms with van der Waals surface area (Å²) in [6.07, 6.45) is 10.7. The van der Waals surface area contributed by atoms with Crippen molar-refractivity contribution in [2.75, 3.05) is 27.2 Å². The molecular formula is C23H33N5O3. The highest BCUT2D eigenvalue weighted by Crippen LogP contribution is 2.34. The molecule has 0 unspecified atom stereocenters. The van der Waals surface area contributed by atoms with Gasteiger partial charge in [-0.2, -0.15) is 0 Å². The molecule has 2 aromatic rings. The largest absolute Gasteiger partial charge is 0.469 e. The Bertz CT molecular complexity index is 988. The molecule has 0 atom stereocenters. The van der Waals surface area contributed by atoms with Crippen molar-refractivity contribution in [2.45, 2.75) is 64.3 Å². The molecule has 0 radical (unpaired) electrons. The number of ether oxygens (including phenoxy) is 1. The van der Waals surface area contributed by atoms with Crippen molar-refractivity contribution in [1.82, 2.24) is 24.0 Å². The van der Waals surface area contributed by atoms with E-state index in [1.807, 2.05) is 17.7 Å². The van der Waals surface area contributed by atoms with Crippen molar-refractivity contribution >= 4 is 5.97 Å². The van der Waals surface area contributed by atoms with Crippen LogP contribution in [0.4, 0.5) is 0 Å². The number of hydrogen-bond donors (Lipinski definition) is 0. The van der Waals surface area contributed by atoms with E-state index in [9.17, 15) is 9.59 Å². The van der Waals surface area contributed by atoms with Crippen LogP contribution in [0.1, 0.15) is 61.6 Å². The van der Waals surface area contributed by atoms with Gasteiger partial charge in [-0.05, 0) is 52.0 Å². The number of hydrogen-bond acceptors (Lipinski definition) is 6. The van der Waals surface area contributed by atoms with E-state index in [4.69, 9.17) is 9.72 Å². The Hall–Kier alpha value is -2.48. The molecule has 0 spiro atoms. The fraction of sp³-hybridized carbons (Fsp3) is 0.652. The maximum absolute atomic E-state index is 13.3. The van der Waals surface area contributed by atoms with Gasteiger partial charge in [-0.15, -0.1) is 0 Å². The highest BCUT2D eigenvalue weighted by molar-refractivity contribution is 5.69. The van der Waals surface area contributed by atoms with Gasteiger partial charge in [0, 0.05) is 50.3 Å². The van der Waals surface area contributed by atoms with E-state index >= 15 is 0 Å². The van der Waals surface area contributed by atoms with Gasteiger partial charge >= 0.3 is 11.7 Å². The van der Waals surface area contributed by atoms with Gasteiger partial charge in [-0.1, -0.05) is 0 Å². The zero-order chi connectivity index (χ0) is 22.0. The van der Waals surface area contributed by atoms with Crippen LogP contribution < -0.4 is 5.69 Å². The van der Waals surface area contributed by atoms with E-state index in [0.29, 0.717) is 18.2 Å². The average Bonchev–Trinajstić information content (AvgIpc) is 2.95. The topological polar surface area (TPSA) is 82.2 Å². The zero-order valence-electron chi connectivity index (χ0n) is 18.8. The van der Waals surface area contributed by atoms with Crippen LogP contribution in [0, 0.1) is 12.8 Å². The monoisotopic (exact) mass is 427 g/mol. The summed E-state index contributed by atoms with van der Waals surface area (Å²) in [7, 11) is 3.55. The first kappa shape index (κ1) is 21.7. The molecule has 0 bridgehead atoms. The van der Waals surface area contributed by atoms with Crippen LogP contribution in [0.3, 0.4) is 0 Å². The molecular weight excluding hydrogens is 394 g/mol. The Morgan fingerprint density at radius 3 is 2.58 bits per heavy atom. The molecule has 8 nitrogen and oxygen atoms in total. The van der Waals surface area contributed by atoms with Gasteiger partial charge in [0.15, 0.2) is 5.82 Å². The van der Waals surface area contributed by atoms with Crippen LogP contribution in [0.15, 0.2) is 17.2 Å². The van der Waals surface area contributed by atoms with E-state index in [-0.39, 0.29) is 17.7 Å². The van der Waals surface area contributed by atoms with Gasteiger partial charge in [0.2, 0.25) is 0 Å². The molecule has 4 rings (SSSR count). The number of imidazole rings is 1. The van der Waals surface area contributed by atoms with Gasteiger partial charge in [-0.3, -0.25) is 14.3 Å². The van der Waals surface area contributed by atoms with E-state index in [2.05, 4.69) is 16.9 Å². The zero-order valence-corrected chi connectivity index (χ0v) is 18.8. The molecule has 31 heavy (non-hydrogen) atoms. The van der Waals surface area contributed by atoms with Crippen LogP contribution in [0.25, 0.3) is 5.82 Å². The minimum absolute atomic E-state index is 0.0319. The Labute approximate surface area is 183 Å². The molecule has 168 valence electrons. The van der Waals surface area contributed by atoms with Crippen LogP contribution in [-0.2, 0) is 22.4 Å². The first-order chi connectivity index (χ1) is 15.0. The van der Waals surface area contributed by atoms with Crippen LogP contribution in [0.5, 0.6) is 0 Å². The standard InChI is InChI=1S/C23H33N5O3/c1-16-15-27(21-14-24-19-10-12-26(2)13-11-20(19)25-21)23(30)28(16)18-7-4-17(5-8-18)6-9-22(29)31-3/h14-15,17-18H,4-13H2,1-3H3. The average molecular weight is 428 g/mol. The lowest BCUT2D eigenvalue weighted by atomic mass is 9.83. The lowest BCUT2D eigenvalue weighted by molar-refractivity contribution is -0.141. The second kappa shape index (κ2) is 9.34. The van der Waals surface area contributed by atoms with Crippen molar-refractivity contribution in [1.29, 1.82) is 0 Å². The van der Waals surface area contributed by atoms with Gasteiger partial charge in [0.25, 0.3) is 0 Å². The molecule has 2 aliphatic rings. The van der Waals surface area contributed by atoms with Crippen molar-refractivity contribution in [3.8, 4) is 5.82 Å². The molecule has 1 saturated carbocycles. The van der Waals surface area contributed by atoms with Crippen LogP contribution >= 0.6 is 0 Å². The van der Waals surface area contributed by atoms with E-state index < -0.39 is 0 Å². The number of aromatic nitrogens is 4. The molecule has 1 aliphatic carbocycles. The van der Waals surface area contributed by atoms with E-state index in [1.165, 1.54) is 7.11 Å². The third-order valence-corrected chi connectivity index (χ3v) is 6.90. The summed E-state index contributed by atoms with van der Waals surface area (Å²) in [4.78, 5) is 36.5. The number of methoxy groups -OCH3 is 1. The maximum Gasteiger partial charge on any atom is 0.334 e. The Kier molecular flexibility index (Phi) is 6.55. The molecule has 2 aromatic heterocycles. The van der Waals surface area contributed by atoms with E-state index in [1.54, 1.807) is 10.8 Å². The summed E-state index contributed by atoms with van der Waals surface area (Å²) >= 11 is 0. The maximum atomic E-state index is 13.3. The third-order valence-electron chi connectivity index (χ3n) is 6.90. The van der Waals surface area contributed by atoms with Crippen molar-refractivity contribution < 1.29 is 9.53 Å². The predicted molar refractivity (Wildman–Crippen MR) is 118 cm³/mol. The summed E-state index contributed by atoms with van der Waals surface area (Å²) < 4.78 is 8.34. The highest BCUT2D eigenvalue weighted by atomic mass is 16.5. The predicted octanol–water partition coefficient (Wildman–Crippen LogP) is 2.45. The normalized spacial score (nSPS) is 22.0. The molecule has 0 saturated heterocycles. The Morgan fingerprint density at radius 1 is 1.16 bits per heavy atom. The molecule has 0 amide bonds. The smallest absolute Gasteiger partial charge is 0.334 e. The lowest BCUT2D eigenvalue weighted by Crippen LogP contribution is -2.30. The number of fused-ring (bicyclic) bond motifs is 1. The van der Waals surface area contributed by atoms with E-state index in [0.717, 1.165) is 75.1 Å². The SMILES string of the molecule is COC(=O)CCC1CCC(n2c(C)cn(-c3cnc4c(n3)CCN(C)CC4)c2=O)CC1. The fourth-order valence-corrected chi connectivity index (χ4v) is 4.97. The second-order valence-electron chi connectivity index (χ2n) is 9.01. The number of nitrogens with zero attached hydrogens (tertiary/aromatic N) is 5. The molecule has 1 aliphatic heterocycles. The molecule has 1 fully saturated rings. The van der Waals surface area contributed by atoms with Crippen molar-refractivity contribution in [3.63, 3.8) is 0 Å². The summed E-state index contributed by atoms with van der Waals surface area (Å²) in [5, 5.41) is 0. The molecule has 0 aromatic carbocycles. The summed E-state index contributed by atoms with van der Waals surface area (Å²) in [5.74, 6) is 1.00. The van der Waals surface area contributed by atoms with Crippen LogP contribution in [0.2, 0.25) is 0 Å². The molecule has 8 heteroatoms. The first-order valence-corrected chi connectivity index (χ1v) is 11.4. The summed E-state index contributed by atoms with van der Waals surface area (Å²) in [6, 6.07) is 0.200. The summed E-state index contributed by atoms with van der Waals surface area (Å²) in [6.45, 7) is 3.94. The highest BCUT2D eigenvalue weighted by Gasteiger charge is 2.26. The first-order valence-electron chi connectivity index (χ1n) is 11.4. The second-order valence-corrected chi connectivity index (χ2v) is 9.01. The van der Waals surface area contributed by atoms with Gasteiger partial charge in [0.05, 0.1) is 24.7 Å². The number of esters is 1. The fourth-order valence-electron chi connectivity index (χ4n) is 4.97. The number of carbonyl (C=O) groups excluding carboxylic acids is 1. The number of aryl methyl sites for hydroxylation is 1. The van der Waals surface area contributed by atoms with Gasteiger partial charge < -0.3 is 9.64 Å². The van der Waals surface area contributed by atoms with Gasteiger partial charge in [0.1, 0.15) is 0 Å². The van der Waals surface area contributed by atoms with Crippen LogP contribution in [-0.4, -0.2) is 57.2 Å². The Balaban J connectivity index is 1.49. The minimum Gasteiger partial charge on any atom is -0.469 e. The van der Waals surface area contributed by atoms with Crippen molar-refractivity contribution in [3.05, 3.63) is 40.0 Å². The van der Waals surface area contributed by atoms with Gasteiger partial charge in [-0.25, -0.2) is 14.3 Å². The molecule has 0 N–H and O–H groups in total. The number of likely N-dealkylation sites (N-methyl/N-ethyl adjacent to an activating group) is 1. The molecule has 3 heterocycles. The number of rotatable bonds is 5. The quantitative estimate of drug-likeness (QED) is 0.682. The Morgan fingerprint density at radius 2 is 1.87 bits per heavy atom. The lowest BCUT2D eigenvalue weighted by Gasteiger charge is -2.29. The third kappa shape index (κ3) is 4.74. The van der Waals surface area contributed by atoms with Crippen molar-refractivity contribution in [2.24, 2.45) is 5.92 Å². The minimum atomic E-state index is -0.139.